The number of hydrogen-bond donors (Lipinski definition) is 5. The molecule has 0 aromatic carbocycles. The van der Waals surface area contributed by atoms with Crippen LogP contribution in [-0.4, -0.2) is 26.9 Å². The minimum Gasteiger partial charge on any atom is -0.369 e. The third kappa shape index (κ3) is 55.2. The van der Waals surface area contributed by atoms with Gasteiger partial charge in [0.05, 0.1) is 0 Å². The standard InChI is InChI=1S/C4H10N4.H3O4P/c1-2-3-7-8-4(5)6;1-5(2,3)4/h3H,2H2,1H3,(H4,5,6,8);(H3,1,2,3,4)/b7-3-;. The Labute approximate surface area is 75.2 Å². The Morgan fingerprint density at radius 1 is 1.46 bits per heavy atom. The zero-order chi connectivity index (χ0) is 10.9. The maximum atomic E-state index is 8.88. The molecule has 0 aliphatic rings. The third-order valence-corrected chi connectivity index (χ3v) is 0.437. The van der Waals surface area contributed by atoms with E-state index in [4.69, 9.17) is 30.7 Å². The summed E-state index contributed by atoms with van der Waals surface area (Å²) in [5.41, 5.74) is 9.89. The Bertz CT molecular complexity index is 210. The summed E-state index contributed by atoms with van der Waals surface area (Å²) in [4.78, 5) is 21.6. The van der Waals surface area contributed by atoms with E-state index in [1.165, 1.54) is 0 Å². The first kappa shape index (κ1) is 14.6. The number of nitrogens with two attached hydrogens (primary N) is 2. The minimum atomic E-state index is -4.64. The fraction of sp³-hybridized carbons (Fsp3) is 0.500. The zero-order valence-corrected chi connectivity index (χ0v) is 7.93. The zero-order valence-electron chi connectivity index (χ0n) is 7.03. The fourth-order valence-electron chi connectivity index (χ4n) is 0.189. The second kappa shape index (κ2) is 7.69. The Balaban J connectivity index is 0. The summed E-state index contributed by atoms with van der Waals surface area (Å²) in [5, 5.41) is 6.86. The lowest BCUT2D eigenvalue weighted by Gasteiger charge is -1.82. The Kier molecular flexibility index (Phi) is 8.61. The van der Waals surface area contributed by atoms with E-state index >= 15 is 0 Å². The second-order valence-corrected chi connectivity index (χ2v) is 2.77. The summed E-state index contributed by atoms with van der Waals surface area (Å²) < 4.78 is 8.88. The number of nitrogens with zero attached hydrogens (tertiary/aromatic N) is 2. The number of hydrogen-bond acceptors (Lipinski definition) is 3. The molecule has 0 rings (SSSR count). The maximum Gasteiger partial charge on any atom is 0.466 e. The summed E-state index contributed by atoms with van der Waals surface area (Å²) >= 11 is 0. The van der Waals surface area contributed by atoms with E-state index in [0.29, 0.717) is 0 Å². The fourth-order valence-corrected chi connectivity index (χ4v) is 0.189. The van der Waals surface area contributed by atoms with Gasteiger partial charge in [-0.15, -0.1) is 5.10 Å². The third-order valence-electron chi connectivity index (χ3n) is 0.437. The minimum absolute atomic E-state index is 0.00491. The van der Waals surface area contributed by atoms with Crippen LogP contribution < -0.4 is 11.5 Å². The van der Waals surface area contributed by atoms with Crippen molar-refractivity contribution in [3.63, 3.8) is 0 Å². The van der Waals surface area contributed by atoms with Crippen LogP contribution in [0.2, 0.25) is 0 Å². The molecule has 13 heavy (non-hydrogen) atoms. The highest BCUT2D eigenvalue weighted by molar-refractivity contribution is 7.45. The molecule has 0 atom stereocenters. The van der Waals surface area contributed by atoms with Crippen LogP contribution >= 0.6 is 7.82 Å². The molecule has 0 heterocycles. The van der Waals surface area contributed by atoms with Gasteiger partial charge in [-0.05, 0) is 6.42 Å². The van der Waals surface area contributed by atoms with Gasteiger partial charge in [0.1, 0.15) is 0 Å². The average molecular weight is 212 g/mol. The Morgan fingerprint density at radius 3 is 2.08 bits per heavy atom. The Hall–Kier alpha value is -0.950. The predicted octanol–water partition coefficient (Wildman–Crippen LogP) is -1.27. The average Bonchev–Trinajstić information content (AvgIpc) is 1.83. The van der Waals surface area contributed by atoms with E-state index in [1.807, 2.05) is 6.92 Å². The molecule has 0 amide bonds. The van der Waals surface area contributed by atoms with Crippen molar-refractivity contribution < 1.29 is 19.2 Å². The first-order valence-corrected chi connectivity index (χ1v) is 4.72. The first-order valence-electron chi connectivity index (χ1n) is 3.16. The highest BCUT2D eigenvalue weighted by Crippen LogP contribution is 2.25. The van der Waals surface area contributed by atoms with Crippen molar-refractivity contribution in [2.45, 2.75) is 13.3 Å². The molecule has 0 aliphatic heterocycles. The summed E-state index contributed by atoms with van der Waals surface area (Å²) in [6, 6.07) is 0. The van der Waals surface area contributed by atoms with E-state index < -0.39 is 7.82 Å². The van der Waals surface area contributed by atoms with Gasteiger partial charge in [0.15, 0.2) is 0 Å². The van der Waals surface area contributed by atoms with Crippen LogP contribution in [0.5, 0.6) is 0 Å². The molecule has 8 nitrogen and oxygen atoms in total. The van der Waals surface area contributed by atoms with E-state index in [2.05, 4.69) is 10.2 Å². The van der Waals surface area contributed by atoms with Crippen molar-refractivity contribution in [1.82, 2.24) is 0 Å². The molecule has 7 N–H and O–H groups in total. The molecular weight excluding hydrogens is 199 g/mol. The van der Waals surface area contributed by atoms with Gasteiger partial charge in [0.25, 0.3) is 0 Å². The topological polar surface area (TPSA) is 155 Å². The van der Waals surface area contributed by atoms with Gasteiger partial charge < -0.3 is 26.1 Å². The van der Waals surface area contributed by atoms with Crippen molar-refractivity contribution in [3.05, 3.63) is 0 Å². The molecule has 0 saturated heterocycles. The van der Waals surface area contributed by atoms with Gasteiger partial charge in [0, 0.05) is 6.21 Å². The molecule has 0 bridgehead atoms. The monoisotopic (exact) mass is 212 g/mol. The number of phosphoric acid groups is 1. The maximum absolute atomic E-state index is 8.88. The van der Waals surface area contributed by atoms with Crippen LogP contribution in [0, 0.1) is 0 Å². The van der Waals surface area contributed by atoms with Crippen LogP contribution in [0.1, 0.15) is 13.3 Å². The van der Waals surface area contributed by atoms with Gasteiger partial charge in [-0.2, -0.15) is 5.10 Å². The number of rotatable bonds is 2. The van der Waals surface area contributed by atoms with E-state index in [-0.39, 0.29) is 5.96 Å². The molecule has 0 aromatic rings. The molecule has 0 fully saturated rings. The number of guanidine groups is 1. The molecule has 0 spiro atoms. The van der Waals surface area contributed by atoms with E-state index in [9.17, 15) is 0 Å². The molecule has 9 heteroatoms. The van der Waals surface area contributed by atoms with E-state index in [0.717, 1.165) is 6.42 Å². The van der Waals surface area contributed by atoms with Crippen LogP contribution in [-0.2, 0) is 4.57 Å². The first-order chi connectivity index (χ1) is 5.77. The van der Waals surface area contributed by atoms with Crippen molar-refractivity contribution >= 4 is 20.0 Å². The van der Waals surface area contributed by atoms with Gasteiger partial charge in [0.2, 0.25) is 5.96 Å². The lowest BCUT2D eigenvalue weighted by atomic mass is 10.6. The van der Waals surface area contributed by atoms with Crippen molar-refractivity contribution in [3.8, 4) is 0 Å². The van der Waals surface area contributed by atoms with Gasteiger partial charge in [-0.3, -0.25) is 0 Å². The van der Waals surface area contributed by atoms with Crippen LogP contribution in [0.4, 0.5) is 0 Å². The molecule has 0 radical (unpaired) electrons. The summed E-state index contributed by atoms with van der Waals surface area (Å²) in [6.45, 7) is 1.95. The summed E-state index contributed by atoms with van der Waals surface area (Å²) in [5.74, 6) is -0.00491. The predicted molar refractivity (Wildman–Crippen MR) is 48.9 cm³/mol. The van der Waals surface area contributed by atoms with Crippen LogP contribution in [0.3, 0.4) is 0 Å². The van der Waals surface area contributed by atoms with Gasteiger partial charge in [-0.25, -0.2) is 4.57 Å². The second-order valence-electron chi connectivity index (χ2n) is 1.74. The van der Waals surface area contributed by atoms with Crippen molar-refractivity contribution in [2.24, 2.45) is 21.7 Å². The highest BCUT2D eigenvalue weighted by Gasteiger charge is 2.00. The Morgan fingerprint density at radius 2 is 1.85 bits per heavy atom. The SMILES string of the molecule is CC/C=N\N=C(N)N.O=P(O)(O)O. The lowest BCUT2D eigenvalue weighted by molar-refractivity contribution is 0.275. The van der Waals surface area contributed by atoms with E-state index in [1.54, 1.807) is 6.21 Å². The van der Waals surface area contributed by atoms with Gasteiger partial charge >= 0.3 is 7.82 Å². The summed E-state index contributed by atoms with van der Waals surface area (Å²) in [6.07, 6.45) is 2.47. The molecule has 0 saturated carbocycles. The largest absolute Gasteiger partial charge is 0.466 e. The smallest absolute Gasteiger partial charge is 0.369 e. The summed E-state index contributed by atoms with van der Waals surface area (Å²) in [7, 11) is -4.64. The highest BCUT2D eigenvalue weighted by atomic mass is 31.2. The van der Waals surface area contributed by atoms with Crippen molar-refractivity contribution in [2.75, 3.05) is 0 Å². The lowest BCUT2D eigenvalue weighted by Crippen LogP contribution is -2.21. The quantitative estimate of drug-likeness (QED) is 0.166. The van der Waals surface area contributed by atoms with Gasteiger partial charge in [-0.1, -0.05) is 6.92 Å². The van der Waals surface area contributed by atoms with Crippen LogP contribution in [0.15, 0.2) is 10.2 Å². The van der Waals surface area contributed by atoms with Crippen molar-refractivity contribution in [1.29, 1.82) is 0 Å². The molecule has 78 valence electrons. The molecular formula is C4H13N4O4P. The normalized spacial score (nSPS) is 10.5. The van der Waals surface area contributed by atoms with Crippen LogP contribution in [0.25, 0.3) is 0 Å². The molecule has 0 aliphatic carbocycles. The molecule has 0 unspecified atom stereocenters. The molecule has 0 aromatic heterocycles.